The normalized spacial score (nSPS) is 20.5. The minimum atomic E-state index is -1.04. The van der Waals surface area contributed by atoms with E-state index < -0.39 is 5.54 Å². The molecule has 8 heteroatoms. The Balaban J connectivity index is 1.42. The third-order valence-corrected chi connectivity index (χ3v) is 6.80. The van der Waals surface area contributed by atoms with Crippen LogP contribution in [0.3, 0.4) is 0 Å². The highest BCUT2D eigenvalue weighted by atomic mass is 16.2. The van der Waals surface area contributed by atoms with Gasteiger partial charge in [-0.25, -0.2) is 0 Å². The topological polar surface area (TPSA) is 96.3 Å². The summed E-state index contributed by atoms with van der Waals surface area (Å²) in [5, 5.41) is 10.4. The fourth-order valence-corrected chi connectivity index (χ4v) is 4.89. The van der Waals surface area contributed by atoms with Crippen LogP contribution in [0.2, 0.25) is 0 Å². The number of carbonyl (C=O) groups is 3. The molecule has 0 bridgehead atoms. The largest absolute Gasteiger partial charge is 0.351 e. The first kappa shape index (κ1) is 23.0. The minimum absolute atomic E-state index is 0.155. The summed E-state index contributed by atoms with van der Waals surface area (Å²) in [6.07, 6.45) is 5.87. The molecule has 4 rings (SSSR count). The number of fused-ring (bicyclic) bond motifs is 1. The predicted octanol–water partition coefficient (Wildman–Crippen LogP) is 2.54. The van der Waals surface area contributed by atoms with Crippen LogP contribution in [-0.4, -0.2) is 57.1 Å². The molecule has 2 N–H and O–H groups in total. The Kier molecular flexibility index (Phi) is 6.81. The number of likely N-dealkylation sites (N-methyl/N-ethyl adjacent to an activating group) is 1. The van der Waals surface area contributed by atoms with Crippen molar-refractivity contribution in [3.63, 3.8) is 0 Å². The molecular weight excluding hydrogens is 418 g/mol. The first-order valence-corrected chi connectivity index (χ1v) is 12.0. The number of benzene rings is 1. The molecule has 176 valence electrons. The van der Waals surface area contributed by atoms with Crippen LogP contribution in [0, 0.1) is 0 Å². The molecule has 0 saturated heterocycles. The van der Waals surface area contributed by atoms with E-state index in [1.54, 1.807) is 11.8 Å². The van der Waals surface area contributed by atoms with Crippen LogP contribution in [0.1, 0.15) is 72.5 Å². The zero-order chi connectivity index (χ0) is 23.4. The van der Waals surface area contributed by atoms with Crippen LogP contribution in [0.4, 0.5) is 0 Å². The monoisotopic (exact) mass is 451 g/mol. The highest BCUT2D eigenvalue weighted by Crippen LogP contribution is 2.28. The highest BCUT2D eigenvalue weighted by Gasteiger charge is 2.48. The van der Waals surface area contributed by atoms with Gasteiger partial charge in [-0.05, 0) is 45.1 Å². The molecule has 1 aromatic heterocycles. The molecule has 1 aliphatic carbocycles. The number of aryl methyl sites for hydroxylation is 1. The lowest BCUT2D eigenvalue weighted by atomic mass is 9.94. The highest BCUT2D eigenvalue weighted by molar-refractivity contribution is 6.01. The Morgan fingerprint density at radius 3 is 2.61 bits per heavy atom. The number of amides is 3. The molecule has 0 radical (unpaired) electrons. The van der Waals surface area contributed by atoms with Gasteiger partial charge in [0, 0.05) is 25.2 Å². The molecule has 1 aliphatic heterocycles. The second-order valence-corrected chi connectivity index (χ2v) is 9.20. The van der Waals surface area contributed by atoms with Crippen LogP contribution in [0.5, 0.6) is 0 Å². The fourth-order valence-electron chi connectivity index (χ4n) is 4.89. The molecule has 0 unspecified atom stereocenters. The third kappa shape index (κ3) is 4.79. The number of nitrogens with zero attached hydrogens (tertiary/aromatic N) is 3. The Morgan fingerprint density at radius 2 is 1.91 bits per heavy atom. The molecule has 1 atom stereocenters. The summed E-state index contributed by atoms with van der Waals surface area (Å²) in [7, 11) is 0. The molecule has 1 aromatic carbocycles. The molecule has 2 aromatic rings. The van der Waals surface area contributed by atoms with E-state index in [1.807, 2.05) is 25.1 Å². The van der Waals surface area contributed by atoms with E-state index in [4.69, 9.17) is 0 Å². The van der Waals surface area contributed by atoms with Gasteiger partial charge in [0.25, 0.3) is 11.8 Å². The van der Waals surface area contributed by atoms with Crippen molar-refractivity contribution in [1.82, 2.24) is 25.3 Å². The minimum Gasteiger partial charge on any atom is -0.351 e. The zero-order valence-electron chi connectivity index (χ0n) is 19.5. The average Bonchev–Trinajstić information content (AvgIpc) is 3.47. The molecule has 2 heterocycles. The summed E-state index contributed by atoms with van der Waals surface area (Å²) in [5.74, 6) is -0.737. The first-order chi connectivity index (χ1) is 15.9. The number of nitrogens with one attached hydrogen (secondary N) is 2. The first-order valence-electron chi connectivity index (χ1n) is 12.0. The van der Waals surface area contributed by atoms with Crippen LogP contribution in [0.15, 0.2) is 36.4 Å². The van der Waals surface area contributed by atoms with E-state index in [1.165, 1.54) is 16.3 Å². The van der Waals surface area contributed by atoms with Gasteiger partial charge in [-0.1, -0.05) is 43.2 Å². The number of aromatic nitrogens is 2. The van der Waals surface area contributed by atoms with Gasteiger partial charge in [0.05, 0.1) is 6.54 Å². The summed E-state index contributed by atoms with van der Waals surface area (Å²) in [4.78, 5) is 40.7. The van der Waals surface area contributed by atoms with Crippen molar-refractivity contribution in [3.05, 3.63) is 53.3 Å². The van der Waals surface area contributed by atoms with E-state index in [0.717, 1.165) is 38.5 Å². The molecule has 33 heavy (non-hydrogen) atoms. The number of carbonyl (C=O) groups excluding carboxylic acids is 3. The molecular formula is C25H33N5O3. The van der Waals surface area contributed by atoms with E-state index in [9.17, 15) is 14.4 Å². The van der Waals surface area contributed by atoms with E-state index >= 15 is 0 Å². The van der Waals surface area contributed by atoms with Gasteiger partial charge < -0.3 is 15.5 Å². The maximum atomic E-state index is 13.2. The fraction of sp³-hybridized carbons (Fsp3) is 0.520. The smallest absolute Gasteiger partial charge is 0.273 e. The van der Waals surface area contributed by atoms with Gasteiger partial charge in [-0.15, -0.1) is 0 Å². The molecule has 1 fully saturated rings. The zero-order valence-corrected chi connectivity index (χ0v) is 19.5. The van der Waals surface area contributed by atoms with E-state index in [-0.39, 0.29) is 36.0 Å². The number of rotatable bonds is 8. The molecule has 3 amide bonds. The van der Waals surface area contributed by atoms with Crippen molar-refractivity contribution in [2.45, 2.75) is 70.5 Å². The molecule has 0 spiro atoms. The van der Waals surface area contributed by atoms with Gasteiger partial charge in [-0.2, -0.15) is 5.10 Å². The third-order valence-electron chi connectivity index (χ3n) is 6.80. The van der Waals surface area contributed by atoms with Gasteiger partial charge in [-0.3, -0.25) is 19.1 Å². The van der Waals surface area contributed by atoms with Gasteiger partial charge >= 0.3 is 0 Å². The second-order valence-electron chi connectivity index (χ2n) is 9.20. The Morgan fingerprint density at radius 1 is 1.18 bits per heavy atom. The molecule has 1 saturated carbocycles. The van der Waals surface area contributed by atoms with E-state index in [0.29, 0.717) is 18.8 Å². The number of hydrogen-bond acceptors (Lipinski definition) is 4. The summed E-state index contributed by atoms with van der Waals surface area (Å²) in [6, 6.07) is 11.8. The van der Waals surface area contributed by atoms with Crippen LogP contribution >= 0.6 is 0 Å². The standard InChI is InChI=1S/C25H33N5O3/c1-3-29-23(32)21-16-20(22(31)26-15-9-12-18-10-5-4-6-11-18)28-30(21)17-25(29,2)24(33)27-19-13-7-8-14-19/h4-6,10-11,16,19H,3,7-9,12-15,17H2,1-2H3,(H,26,31)(H,27,33)/t25-/m1/s1. The molecule has 2 aliphatic rings. The lowest BCUT2D eigenvalue weighted by Gasteiger charge is -2.43. The Labute approximate surface area is 194 Å². The van der Waals surface area contributed by atoms with Crippen LogP contribution < -0.4 is 10.6 Å². The van der Waals surface area contributed by atoms with Gasteiger partial charge in [0.2, 0.25) is 5.91 Å². The van der Waals surface area contributed by atoms with Crippen molar-refractivity contribution in [2.24, 2.45) is 0 Å². The lowest BCUT2D eigenvalue weighted by Crippen LogP contribution is -2.64. The summed E-state index contributed by atoms with van der Waals surface area (Å²) in [6.45, 7) is 4.80. The van der Waals surface area contributed by atoms with Crippen molar-refractivity contribution in [2.75, 3.05) is 13.1 Å². The van der Waals surface area contributed by atoms with Crippen LogP contribution in [0.25, 0.3) is 0 Å². The summed E-state index contributed by atoms with van der Waals surface area (Å²) < 4.78 is 1.52. The van der Waals surface area contributed by atoms with Gasteiger partial charge in [0.1, 0.15) is 11.2 Å². The quantitative estimate of drug-likeness (QED) is 0.603. The van der Waals surface area contributed by atoms with Crippen molar-refractivity contribution in [3.8, 4) is 0 Å². The Bertz CT molecular complexity index is 1010. The number of hydrogen-bond donors (Lipinski definition) is 2. The second kappa shape index (κ2) is 9.77. The maximum Gasteiger partial charge on any atom is 0.273 e. The van der Waals surface area contributed by atoms with Crippen molar-refractivity contribution in [1.29, 1.82) is 0 Å². The summed E-state index contributed by atoms with van der Waals surface area (Å²) in [5.41, 5.74) is 0.730. The Hall–Kier alpha value is -3.16. The lowest BCUT2D eigenvalue weighted by molar-refractivity contribution is -0.133. The van der Waals surface area contributed by atoms with Gasteiger partial charge in [0.15, 0.2) is 5.69 Å². The van der Waals surface area contributed by atoms with E-state index in [2.05, 4.69) is 27.9 Å². The SMILES string of the molecule is CCN1C(=O)c2cc(C(=O)NCCCc3ccccc3)nn2C[C@]1(C)C(=O)NC1CCCC1. The van der Waals surface area contributed by atoms with Crippen molar-refractivity contribution < 1.29 is 14.4 Å². The predicted molar refractivity (Wildman–Crippen MR) is 125 cm³/mol. The van der Waals surface area contributed by atoms with Crippen LogP contribution in [-0.2, 0) is 17.8 Å². The average molecular weight is 452 g/mol. The maximum absolute atomic E-state index is 13.2. The van der Waals surface area contributed by atoms with Crippen molar-refractivity contribution >= 4 is 17.7 Å². The molecule has 8 nitrogen and oxygen atoms in total. The summed E-state index contributed by atoms with van der Waals surface area (Å²) >= 11 is 0.